The lowest BCUT2D eigenvalue weighted by Crippen LogP contribution is -2.29. The van der Waals surface area contributed by atoms with E-state index in [-0.39, 0.29) is 12.0 Å². The minimum absolute atomic E-state index is 0.123. The molecule has 2 unspecified atom stereocenters. The van der Waals surface area contributed by atoms with Crippen LogP contribution in [0.25, 0.3) is 11.4 Å². The molecule has 5 rings (SSSR count). The third-order valence-corrected chi connectivity index (χ3v) is 6.23. The quantitative estimate of drug-likeness (QED) is 0.522. The first-order valence-electron chi connectivity index (χ1n) is 11.3. The Balaban J connectivity index is 1.31. The number of aliphatic carboxylic acids is 1. The van der Waals surface area contributed by atoms with Crippen LogP contribution in [0.4, 0.5) is 11.8 Å². The van der Waals surface area contributed by atoms with Crippen LogP contribution in [0, 0.1) is 18.8 Å². The highest BCUT2D eigenvalue weighted by atomic mass is 16.5. The van der Waals surface area contributed by atoms with Gasteiger partial charge in [0.1, 0.15) is 5.75 Å². The Morgan fingerprint density at radius 1 is 1.24 bits per heavy atom. The number of carboxylic acid groups (broad SMARTS) is 1. The molecule has 2 saturated carbocycles. The van der Waals surface area contributed by atoms with E-state index in [1.54, 1.807) is 11.7 Å². The average molecular weight is 454 g/mol. The fourth-order valence-corrected chi connectivity index (χ4v) is 4.19. The van der Waals surface area contributed by atoms with E-state index in [0.717, 1.165) is 19.3 Å². The van der Waals surface area contributed by atoms with E-state index in [4.69, 9.17) is 9.15 Å². The molecule has 0 saturated heterocycles. The second kappa shape index (κ2) is 8.80. The van der Waals surface area contributed by atoms with E-state index in [9.17, 15) is 9.90 Å². The first kappa shape index (κ1) is 21.4. The zero-order chi connectivity index (χ0) is 22.9. The number of carbonyl (C=O) groups is 1. The molecule has 0 aliphatic heterocycles. The van der Waals surface area contributed by atoms with Crippen molar-refractivity contribution in [3.8, 4) is 17.1 Å². The van der Waals surface area contributed by atoms with Gasteiger partial charge in [0.05, 0.1) is 23.4 Å². The van der Waals surface area contributed by atoms with Crippen LogP contribution in [0.1, 0.15) is 50.1 Å². The number of pyridine rings is 1. The number of rotatable bonds is 8. The number of anilines is 2. The van der Waals surface area contributed by atoms with E-state index < -0.39 is 5.97 Å². The number of nitrogens with one attached hydrogen (secondary N) is 1. The highest BCUT2D eigenvalue weighted by Gasteiger charge is 2.29. The molecule has 0 amide bonds. The molecule has 11 nitrogen and oxygen atoms in total. The van der Waals surface area contributed by atoms with Gasteiger partial charge in [-0.2, -0.15) is 0 Å². The monoisotopic (exact) mass is 453 g/mol. The predicted octanol–water partition coefficient (Wildman–Crippen LogP) is 3.29. The van der Waals surface area contributed by atoms with Gasteiger partial charge in [-0.05, 0) is 63.5 Å². The number of hydrogen-bond acceptors (Lipinski definition) is 9. The zero-order valence-corrected chi connectivity index (χ0v) is 18.7. The van der Waals surface area contributed by atoms with Crippen LogP contribution in [-0.4, -0.2) is 47.4 Å². The molecule has 3 heterocycles. The Morgan fingerprint density at radius 2 is 2.09 bits per heavy atom. The number of ether oxygens (including phenoxy) is 1. The normalized spacial score (nSPS) is 20.5. The van der Waals surface area contributed by atoms with Gasteiger partial charge in [0, 0.05) is 13.5 Å². The van der Waals surface area contributed by atoms with Crippen LogP contribution >= 0.6 is 0 Å². The topological polar surface area (TPSA) is 141 Å². The molecule has 33 heavy (non-hydrogen) atoms. The number of hydrogen-bond donors (Lipinski definition) is 2. The maximum absolute atomic E-state index is 11.3. The Hall–Kier alpha value is -3.50. The molecule has 2 fully saturated rings. The Kier molecular flexibility index (Phi) is 5.69. The predicted molar refractivity (Wildman–Crippen MR) is 117 cm³/mol. The van der Waals surface area contributed by atoms with E-state index in [0.29, 0.717) is 59.3 Å². The van der Waals surface area contributed by atoms with E-state index in [2.05, 4.69) is 30.8 Å². The van der Waals surface area contributed by atoms with Crippen molar-refractivity contribution < 1.29 is 19.1 Å². The molecular weight excluding hydrogens is 426 g/mol. The van der Waals surface area contributed by atoms with Gasteiger partial charge >= 0.3 is 12.0 Å². The van der Waals surface area contributed by atoms with Gasteiger partial charge in [-0.25, -0.2) is 9.67 Å². The molecule has 2 aliphatic rings. The third-order valence-electron chi connectivity index (χ3n) is 6.23. The Labute approximate surface area is 190 Å². The second-order valence-electron chi connectivity index (χ2n) is 8.91. The smallest absolute Gasteiger partial charge is 0.321 e. The first-order chi connectivity index (χ1) is 16.0. The van der Waals surface area contributed by atoms with Gasteiger partial charge in [0.2, 0.25) is 5.89 Å². The van der Waals surface area contributed by atoms with Crippen LogP contribution < -0.4 is 10.1 Å². The van der Waals surface area contributed by atoms with Crippen molar-refractivity contribution in [1.82, 2.24) is 30.2 Å². The lowest BCUT2D eigenvalue weighted by Gasteiger charge is -2.27. The molecule has 2 atom stereocenters. The molecule has 11 heteroatoms. The Bertz CT molecular complexity index is 1150. The van der Waals surface area contributed by atoms with Crippen LogP contribution in [0.5, 0.6) is 5.75 Å². The first-order valence-corrected chi connectivity index (χ1v) is 11.3. The van der Waals surface area contributed by atoms with E-state index in [1.165, 1.54) is 12.8 Å². The molecule has 174 valence electrons. The zero-order valence-electron chi connectivity index (χ0n) is 18.7. The van der Waals surface area contributed by atoms with Crippen molar-refractivity contribution in [3.63, 3.8) is 0 Å². The van der Waals surface area contributed by atoms with Gasteiger partial charge in [-0.15, -0.1) is 10.2 Å². The molecule has 2 aliphatic carbocycles. The van der Waals surface area contributed by atoms with Gasteiger partial charge in [0.25, 0.3) is 0 Å². The summed E-state index contributed by atoms with van der Waals surface area (Å²) in [5.41, 5.74) is 1.88. The highest BCUT2D eigenvalue weighted by Crippen LogP contribution is 2.34. The maximum Gasteiger partial charge on any atom is 0.321 e. The number of aromatic nitrogens is 6. The molecule has 0 aromatic carbocycles. The molecule has 0 bridgehead atoms. The minimum atomic E-state index is -0.753. The molecule has 2 N–H and O–H groups in total. The van der Waals surface area contributed by atoms with Gasteiger partial charge in [0.15, 0.2) is 11.5 Å². The van der Waals surface area contributed by atoms with Crippen molar-refractivity contribution in [2.75, 3.05) is 5.32 Å². The SMILES string of the molecule is Cc1nc(-c2nnn(C)c2Nc2nnc(CC3CC3)o2)ccc1OC1CCCC(C(=O)O)C1. The lowest BCUT2D eigenvalue weighted by molar-refractivity contribution is -0.143. The summed E-state index contributed by atoms with van der Waals surface area (Å²) in [7, 11) is 1.77. The second-order valence-corrected chi connectivity index (χ2v) is 8.91. The molecule has 0 spiro atoms. The maximum atomic E-state index is 11.3. The molecule has 0 radical (unpaired) electrons. The molecule has 3 aromatic rings. The summed E-state index contributed by atoms with van der Waals surface area (Å²) in [5.74, 6) is 1.42. The van der Waals surface area contributed by atoms with Crippen LogP contribution in [0.2, 0.25) is 0 Å². The summed E-state index contributed by atoms with van der Waals surface area (Å²) in [6.07, 6.45) is 6.02. The van der Waals surface area contributed by atoms with Crippen LogP contribution in [-0.2, 0) is 18.3 Å². The van der Waals surface area contributed by atoms with Gasteiger partial charge in [-0.1, -0.05) is 10.3 Å². The van der Waals surface area contributed by atoms with Crippen LogP contribution in [0.15, 0.2) is 16.5 Å². The summed E-state index contributed by atoms with van der Waals surface area (Å²) in [5, 5.41) is 29.0. The van der Waals surface area contributed by atoms with Gasteiger partial charge in [-0.3, -0.25) is 10.1 Å². The summed E-state index contributed by atoms with van der Waals surface area (Å²) < 4.78 is 13.4. The summed E-state index contributed by atoms with van der Waals surface area (Å²) in [6, 6.07) is 3.96. The minimum Gasteiger partial charge on any atom is -0.489 e. The summed E-state index contributed by atoms with van der Waals surface area (Å²) in [4.78, 5) is 16.0. The Morgan fingerprint density at radius 3 is 2.85 bits per heavy atom. The number of nitrogens with zero attached hydrogens (tertiary/aromatic N) is 6. The lowest BCUT2D eigenvalue weighted by atomic mass is 9.87. The number of carboxylic acids is 1. The van der Waals surface area contributed by atoms with Crippen molar-refractivity contribution in [2.45, 2.75) is 58.0 Å². The van der Waals surface area contributed by atoms with E-state index >= 15 is 0 Å². The van der Waals surface area contributed by atoms with Crippen molar-refractivity contribution in [2.24, 2.45) is 18.9 Å². The van der Waals surface area contributed by atoms with E-state index in [1.807, 2.05) is 19.1 Å². The standard InChI is InChI=1S/C22H27N7O4/c1-12-17(32-15-5-3-4-14(11-15)21(30)31)9-8-16(23-12)19-20(29(2)28-26-19)24-22-27-25-18(33-22)10-13-6-7-13/h8-9,13-15H,3-7,10-11H2,1-2H3,(H,24,27)(H,30,31). The highest BCUT2D eigenvalue weighted by molar-refractivity contribution is 5.71. The van der Waals surface area contributed by atoms with Crippen molar-refractivity contribution >= 4 is 17.8 Å². The fourth-order valence-electron chi connectivity index (χ4n) is 4.19. The molecular formula is C22H27N7O4. The third kappa shape index (κ3) is 4.81. The van der Waals surface area contributed by atoms with Crippen LogP contribution in [0.3, 0.4) is 0 Å². The summed E-state index contributed by atoms with van der Waals surface area (Å²) >= 11 is 0. The largest absolute Gasteiger partial charge is 0.489 e. The van der Waals surface area contributed by atoms with Gasteiger partial charge < -0.3 is 14.3 Å². The van der Waals surface area contributed by atoms with Crippen molar-refractivity contribution in [3.05, 3.63) is 23.7 Å². The average Bonchev–Trinajstić information content (AvgIpc) is 3.39. The fraction of sp³-hybridized carbons (Fsp3) is 0.545. The number of aryl methyl sites for hydroxylation is 2. The molecule has 3 aromatic heterocycles. The van der Waals surface area contributed by atoms with Crippen molar-refractivity contribution in [1.29, 1.82) is 0 Å². The summed E-state index contributed by atoms with van der Waals surface area (Å²) in [6.45, 7) is 1.86.